The summed E-state index contributed by atoms with van der Waals surface area (Å²) in [6, 6.07) is 2.91. The number of carbonyl (C=O) groups is 1. The molecule has 3 N–H and O–H groups in total. The fraction of sp³-hybridized carbons (Fsp3) is 0.583. The Bertz CT molecular complexity index is 382. The summed E-state index contributed by atoms with van der Waals surface area (Å²) in [5.74, 6) is -0.602. The third kappa shape index (κ3) is 3.31. The topological polar surface area (TPSA) is 82.7 Å². The van der Waals surface area contributed by atoms with Crippen LogP contribution in [0.5, 0.6) is 0 Å². The van der Waals surface area contributed by atoms with Gasteiger partial charge in [0, 0.05) is 5.54 Å². The van der Waals surface area contributed by atoms with Crippen molar-refractivity contribution in [3.05, 3.63) is 23.7 Å². The third-order valence-corrected chi connectivity index (χ3v) is 2.96. The minimum Gasteiger partial charge on any atom is -0.475 e. The van der Waals surface area contributed by atoms with Crippen LogP contribution in [-0.4, -0.2) is 28.3 Å². The van der Waals surface area contributed by atoms with E-state index in [9.17, 15) is 9.90 Å². The first-order valence-electron chi connectivity index (χ1n) is 5.63. The van der Waals surface area contributed by atoms with Crippen molar-refractivity contribution in [2.45, 2.75) is 38.8 Å². The second-order valence-electron chi connectivity index (χ2n) is 4.45. The molecular formula is C12H19NO4. The van der Waals surface area contributed by atoms with Crippen LogP contribution in [-0.2, 0) is 0 Å². The van der Waals surface area contributed by atoms with Crippen molar-refractivity contribution in [1.29, 1.82) is 0 Å². The van der Waals surface area contributed by atoms with E-state index in [2.05, 4.69) is 5.32 Å². The van der Waals surface area contributed by atoms with Gasteiger partial charge in [-0.3, -0.25) is 0 Å². The normalized spacial score (nSPS) is 16.5. The Balaban J connectivity index is 2.75. The van der Waals surface area contributed by atoms with Gasteiger partial charge in [0.2, 0.25) is 5.76 Å². The van der Waals surface area contributed by atoms with Crippen molar-refractivity contribution < 1.29 is 19.4 Å². The van der Waals surface area contributed by atoms with Gasteiger partial charge in [-0.1, -0.05) is 6.92 Å². The van der Waals surface area contributed by atoms with Crippen LogP contribution in [0, 0.1) is 0 Å². The molecule has 1 rings (SSSR count). The fourth-order valence-electron chi connectivity index (χ4n) is 1.55. The van der Waals surface area contributed by atoms with Crippen LogP contribution in [0.1, 0.15) is 49.5 Å². The summed E-state index contributed by atoms with van der Waals surface area (Å²) in [6.45, 7) is 5.76. The van der Waals surface area contributed by atoms with E-state index in [-0.39, 0.29) is 18.4 Å². The minimum atomic E-state index is -1.08. The molecule has 5 nitrogen and oxygen atoms in total. The molecule has 1 aromatic heterocycles. The van der Waals surface area contributed by atoms with Gasteiger partial charge in [0.15, 0.2) is 0 Å². The van der Waals surface area contributed by atoms with E-state index in [1.165, 1.54) is 6.07 Å². The fourth-order valence-corrected chi connectivity index (χ4v) is 1.55. The Kier molecular flexibility index (Phi) is 4.31. The summed E-state index contributed by atoms with van der Waals surface area (Å²) >= 11 is 0. The molecule has 5 heteroatoms. The summed E-state index contributed by atoms with van der Waals surface area (Å²) < 4.78 is 5.20. The van der Waals surface area contributed by atoms with Crippen molar-refractivity contribution >= 4 is 5.97 Å². The van der Waals surface area contributed by atoms with Gasteiger partial charge >= 0.3 is 5.97 Å². The van der Waals surface area contributed by atoms with Crippen molar-refractivity contribution in [2.24, 2.45) is 0 Å². The molecule has 0 aromatic carbocycles. The van der Waals surface area contributed by atoms with Gasteiger partial charge in [-0.15, -0.1) is 0 Å². The van der Waals surface area contributed by atoms with Crippen LogP contribution in [0.2, 0.25) is 0 Å². The Morgan fingerprint density at radius 1 is 1.59 bits per heavy atom. The lowest BCUT2D eigenvalue weighted by molar-refractivity contribution is 0.0658. The number of furan rings is 1. The predicted octanol–water partition coefficient (Wildman–Crippen LogP) is 1.79. The lowest BCUT2D eigenvalue weighted by atomic mass is 9.98. The number of aliphatic hydroxyl groups is 1. The van der Waals surface area contributed by atoms with Crippen molar-refractivity contribution in [2.75, 3.05) is 6.61 Å². The molecule has 2 unspecified atom stereocenters. The van der Waals surface area contributed by atoms with Crippen LogP contribution >= 0.6 is 0 Å². The van der Waals surface area contributed by atoms with Gasteiger partial charge in [-0.25, -0.2) is 4.79 Å². The first-order chi connectivity index (χ1) is 7.91. The second-order valence-corrected chi connectivity index (χ2v) is 4.45. The van der Waals surface area contributed by atoms with Gasteiger partial charge in [-0.2, -0.15) is 0 Å². The van der Waals surface area contributed by atoms with Crippen molar-refractivity contribution in [3.8, 4) is 0 Å². The molecule has 0 spiro atoms. The molecule has 1 heterocycles. The van der Waals surface area contributed by atoms with Crippen LogP contribution in [0.25, 0.3) is 0 Å². The number of aromatic carboxylic acids is 1. The summed E-state index contributed by atoms with van der Waals surface area (Å²) in [5, 5.41) is 21.3. The van der Waals surface area contributed by atoms with Crippen LogP contribution in [0.15, 0.2) is 16.5 Å². The first-order valence-corrected chi connectivity index (χ1v) is 5.63. The molecule has 0 saturated heterocycles. The molecule has 0 amide bonds. The lowest BCUT2D eigenvalue weighted by Crippen LogP contribution is -2.46. The monoisotopic (exact) mass is 241 g/mol. The molecule has 0 fully saturated rings. The molecule has 0 aliphatic rings. The van der Waals surface area contributed by atoms with Gasteiger partial charge < -0.3 is 19.9 Å². The maximum Gasteiger partial charge on any atom is 0.371 e. The number of carboxylic acids is 1. The molecule has 0 bridgehead atoms. The number of nitrogens with one attached hydrogen (secondary N) is 1. The molecule has 2 atom stereocenters. The summed E-state index contributed by atoms with van der Waals surface area (Å²) in [5.41, 5.74) is -0.393. The average Bonchev–Trinajstić information content (AvgIpc) is 2.78. The SMILES string of the molecule is CCC(C)(CO)NC(C)c1ccc(C(=O)O)o1. The minimum absolute atomic E-state index is 0.0142. The van der Waals surface area contributed by atoms with Gasteiger partial charge in [-0.05, 0) is 32.4 Å². The highest BCUT2D eigenvalue weighted by Gasteiger charge is 2.25. The van der Waals surface area contributed by atoms with Crippen LogP contribution < -0.4 is 5.32 Å². The van der Waals surface area contributed by atoms with E-state index < -0.39 is 11.5 Å². The molecule has 0 aliphatic heterocycles. The number of hydrogen-bond donors (Lipinski definition) is 3. The Hall–Kier alpha value is -1.33. The zero-order valence-electron chi connectivity index (χ0n) is 10.4. The highest BCUT2D eigenvalue weighted by Crippen LogP contribution is 2.20. The predicted molar refractivity (Wildman–Crippen MR) is 63.0 cm³/mol. The van der Waals surface area contributed by atoms with Crippen LogP contribution in [0.3, 0.4) is 0 Å². The van der Waals surface area contributed by atoms with E-state index >= 15 is 0 Å². The van der Waals surface area contributed by atoms with Gasteiger partial charge in [0.05, 0.1) is 12.6 Å². The molecule has 96 valence electrons. The summed E-state index contributed by atoms with van der Waals surface area (Å²) in [6.07, 6.45) is 0.764. The van der Waals surface area contributed by atoms with Crippen molar-refractivity contribution in [1.82, 2.24) is 5.32 Å². The zero-order valence-corrected chi connectivity index (χ0v) is 10.4. The third-order valence-electron chi connectivity index (χ3n) is 2.96. The van der Waals surface area contributed by atoms with E-state index in [0.29, 0.717) is 5.76 Å². The standard InChI is InChI=1S/C12H19NO4/c1-4-12(3,7-14)13-8(2)9-5-6-10(17-9)11(15)16/h5-6,8,13-14H,4,7H2,1-3H3,(H,15,16). The Morgan fingerprint density at radius 2 is 2.24 bits per heavy atom. The number of aliphatic hydroxyl groups excluding tert-OH is 1. The lowest BCUT2D eigenvalue weighted by Gasteiger charge is -2.30. The number of rotatable bonds is 6. The second kappa shape index (κ2) is 5.33. The Morgan fingerprint density at radius 3 is 2.65 bits per heavy atom. The van der Waals surface area contributed by atoms with E-state index in [1.54, 1.807) is 6.07 Å². The molecule has 0 saturated carbocycles. The molecule has 0 radical (unpaired) electrons. The van der Waals surface area contributed by atoms with Crippen molar-refractivity contribution in [3.63, 3.8) is 0 Å². The highest BCUT2D eigenvalue weighted by atomic mass is 16.4. The first kappa shape index (κ1) is 13.7. The van der Waals surface area contributed by atoms with E-state index in [4.69, 9.17) is 9.52 Å². The smallest absolute Gasteiger partial charge is 0.371 e. The Labute approximate surface area is 100 Å². The number of carboxylic acid groups (broad SMARTS) is 1. The summed E-state index contributed by atoms with van der Waals surface area (Å²) in [7, 11) is 0. The molecular weight excluding hydrogens is 222 g/mol. The molecule has 1 aromatic rings. The quantitative estimate of drug-likeness (QED) is 0.707. The maximum absolute atomic E-state index is 10.7. The van der Waals surface area contributed by atoms with Gasteiger partial charge in [0.1, 0.15) is 5.76 Å². The van der Waals surface area contributed by atoms with E-state index in [0.717, 1.165) is 6.42 Å². The highest BCUT2D eigenvalue weighted by molar-refractivity contribution is 5.84. The number of hydrogen-bond acceptors (Lipinski definition) is 4. The van der Waals surface area contributed by atoms with Crippen LogP contribution in [0.4, 0.5) is 0 Å². The van der Waals surface area contributed by atoms with Gasteiger partial charge in [0.25, 0.3) is 0 Å². The molecule has 0 aliphatic carbocycles. The van der Waals surface area contributed by atoms with E-state index in [1.807, 2.05) is 20.8 Å². The molecule has 17 heavy (non-hydrogen) atoms. The summed E-state index contributed by atoms with van der Waals surface area (Å²) in [4.78, 5) is 10.7. The largest absolute Gasteiger partial charge is 0.475 e. The average molecular weight is 241 g/mol. The zero-order chi connectivity index (χ0) is 13.1. The maximum atomic E-state index is 10.7.